The molecule has 2 amide bonds. The third kappa shape index (κ3) is 3.04. The summed E-state index contributed by atoms with van der Waals surface area (Å²) < 4.78 is 5.37. The van der Waals surface area contributed by atoms with Crippen molar-refractivity contribution >= 4 is 29.1 Å². The fourth-order valence-corrected chi connectivity index (χ4v) is 2.30. The van der Waals surface area contributed by atoms with Crippen LogP contribution in [0.1, 0.15) is 15.9 Å². The zero-order chi connectivity index (χ0) is 15.5. The first kappa shape index (κ1) is 14.4. The third-order valence-electron chi connectivity index (χ3n) is 3.25. The first-order valence-corrected chi connectivity index (χ1v) is 7.09. The fourth-order valence-electron chi connectivity index (χ4n) is 2.17. The molecular formula is C16H13ClN2O3. The van der Waals surface area contributed by atoms with Gasteiger partial charge in [0, 0.05) is 11.6 Å². The third-order valence-corrected chi connectivity index (χ3v) is 3.50. The van der Waals surface area contributed by atoms with Gasteiger partial charge in [0.1, 0.15) is 0 Å². The second-order valence-corrected chi connectivity index (χ2v) is 5.26. The number of hydrogen-bond acceptors (Lipinski definition) is 3. The summed E-state index contributed by atoms with van der Waals surface area (Å²) in [5.41, 5.74) is 1.85. The van der Waals surface area contributed by atoms with Gasteiger partial charge in [0.15, 0.2) is 12.4 Å². The zero-order valence-electron chi connectivity index (χ0n) is 11.6. The molecule has 1 heterocycles. The Morgan fingerprint density at radius 1 is 1.23 bits per heavy atom. The lowest BCUT2D eigenvalue weighted by atomic mass is 10.1. The van der Waals surface area contributed by atoms with Crippen LogP contribution in [0.5, 0.6) is 5.75 Å². The van der Waals surface area contributed by atoms with Crippen LogP contribution in [0.15, 0.2) is 42.5 Å². The first-order chi connectivity index (χ1) is 10.6. The molecule has 0 saturated carbocycles. The molecule has 0 aliphatic carbocycles. The number of rotatable bonds is 3. The highest BCUT2D eigenvalue weighted by atomic mass is 35.5. The van der Waals surface area contributed by atoms with Crippen LogP contribution in [0.25, 0.3) is 0 Å². The van der Waals surface area contributed by atoms with E-state index in [9.17, 15) is 9.59 Å². The summed E-state index contributed by atoms with van der Waals surface area (Å²) in [6.07, 6.45) is 0. The Bertz CT molecular complexity index is 729. The molecule has 0 radical (unpaired) electrons. The van der Waals surface area contributed by atoms with Gasteiger partial charge in [-0.15, -0.1) is 0 Å². The minimum absolute atomic E-state index is 0.0888. The van der Waals surface area contributed by atoms with E-state index in [1.54, 1.807) is 30.3 Å². The molecule has 3 rings (SSSR count). The van der Waals surface area contributed by atoms with Crippen LogP contribution < -0.4 is 15.4 Å². The van der Waals surface area contributed by atoms with Gasteiger partial charge in [-0.2, -0.15) is 0 Å². The normalized spacial score (nSPS) is 12.9. The molecular weight excluding hydrogens is 304 g/mol. The Labute approximate surface area is 132 Å². The summed E-state index contributed by atoms with van der Waals surface area (Å²) in [4.78, 5) is 23.6. The van der Waals surface area contributed by atoms with Crippen molar-refractivity contribution in [3.05, 3.63) is 58.6 Å². The van der Waals surface area contributed by atoms with Crippen molar-refractivity contribution in [2.75, 3.05) is 11.9 Å². The van der Waals surface area contributed by atoms with Crippen LogP contribution in [0.2, 0.25) is 5.02 Å². The number of amides is 2. The smallest absolute Gasteiger partial charge is 0.262 e. The molecule has 0 aromatic heterocycles. The molecule has 5 nitrogen and oxygen atoms in total. The number of hydrogen-bond donors (Lipinski definition) is 2. The van der Waals surface area contributed by atoms with Crippen LogP contribution in [0.4, 0.5) is 5.69 Å². The van der Waals surface area contributed by atoms with E-state index < -0.39 is 0 Å². The molecule has 2 N–H and O–H groups in total. The number of para-hydroxylation sites is 1. The van der Waals surface area contributed by atoms with E-state index in [-0.39, 0.29) is 18.4 Å². The predicted octanol–water partition coefficient (Wildman–Crippen LogP) is 2.60. The van der Waals surface area contributed by atoms with E-state index in [4.69, 9.17) is 16.3 Å². The number of anilines is 1. The summed E-state index contributed by atoms with van der Waals surface area (Å²) in [7, 11) is 0. The van der Waals surface area contributed by atoms with Crippen LogP contribution in [-0.2, 0) is 11.3 Å². The van der Waals surface area contributed by atoms with Crippen LogP contribution in [0, 0.1) is 0 Å². The lowest BCUT2D eigenvalue weighted by molar-refractivity contribution is -0.118. The quantitative estimate of drug-likeness (QED) is 0.914. The van der Waals surface area contributed by atoms with E-state index >= 15 is 0 Å². The lowest BCUT2D eigenvalue weighted by Gasteiger charge is -2.20. The van der Waals surface area contributed by atoms with Crippen molar-refractivity contribution in [3.8, 4) is 5.75 Å². The van der Waals surface area contributed by atoms with Gasteiger partial charge in [0.25, 0.3) is 11.8 Å². The summed E-state index contributed by atoms with van der Waals surface area (Å²) >= 11 is 5.82. The molecule has 6 heteroatoms. The first-order valence-electron chi connectivity index (χ1n) is 6.72. The van der Waals surface area contributed by atoms with Crippen molar-refractivity contribution in [3.63, 3.8) is 0 Å². The molecule has 112 valence electrons. The minimum Gasteiger partial charge on any atom is -0.481 e. The second kappa shape index (κ2) is 6.07. The van der Waals surface area contributed by atoms with E-state index in [1.165, 1.54) is 0 Å². The number of carbonyl (C=O) groups excluding carboxylic acids is 2. The van der Waals surface area contributed by atoms with Crippen molar-refractivity contribution in [1.82, 2.24) is 5.32 Å². The highest BCUT2D eigenvalue weighted by molar-refractivity contribution is 6.30. The van der Waals surface area contributed by atoms with Gasteiger partial charge in [0.2, 0.25) is 0 Å². The van der Waals surface area contributed by atoms with Crippen LogP contribution >= 0.6 is 11.6 Å². The van der Waals surface area contributed by atoms with Crippen LogP contribution in [0.3, 0.4) is 0 Å². The lowest BCUT2D eigenvalue weighted by Crippen LogP contribution is -2.29. The van der Waals surface area contributed by atoms with Gasteiger partial charge in [-0.05, 0) is 29.8 Å². The standard InChI is InChI=1S/C16H13ClN2O3/c17-11-6-4-10(5-7-11)8-18-16(21)12-2-1-3-13-15(12)22-9-14(20)19-13/h1-7H,8-9H2,(H,18,21)(H,19,20). The minimum atomic E-state index is -0.261. The largest absolute Gasteiger partial charge is 0.481 e. The Morgan fingerprint density at radius 2 is 2.00 bits per heavy atom. The van der Waals surface area contributed by atoms with Crippen molar-refractivity contribution < 1.29 is 14.3 Å². The number of nitrogens with one attached hydrogen (secondary N) is 2. The predicted molar refractivity (Wildman–Crippen MR) is 83.2 cm³/mol. The van der Waals surface area contributed by atoms with Gasteiger partial charge in [-0.25, -0.2) is 0 Å². The summed E-state index contributed by atoms with van der Waals surface area (Å²) in [5, 5.41) is 6.15. The molecule has 0 unspecified atom stereocenters. The number of ether oxygens (including phenoxy) is 1. The number of benzene rings is 2. The van der Waals surface area contributed by atoms with E-state index in [1.807, 2.05) is 12.1 Å². The molecule has 0 spiro atoms. The second-order valence-electron chi connectivity index (χ2n) is 4.83. The summed E-state index contributed by atoms with van der Waals surface area (Å²) in [5.74, 6) is -0.0927. The van der Waals surface area contributed by atoms with Gasteiger partial charge >= 0.3 is 0 Å². The Hall–Kier alpha value is -2.53. The van der Waals surface area contributed by atoms with Crippen molar-refractivity contribution in [2.45, 2.75) is 6.54 Å². The van der Waals surface area contributed by atoms with E-state index in [0.29, 0.717) is 28.6 Å². The summed E-state index contributed by atoms with van der Waals surface area (Å²) in [6.45, 7) is 0.292. The van der Waals surface area contributed by atoms with Crippen molar-refractivity contribution in [2.24, 2.45) is 0 Å². The molecule has 2 aromatic rings. The maximum atomic E-state index is 12.3. The SMILES string of the molecule is O=C1COc2c(cccc2C(=O)NCc2ccc(Cl)cc2)N1. The van der Waals surface area contributed by atoms with E-state index in [0.717, 1.165) is 5.56 Å². The monoisotopic (exact) mass is 316 g/mol. The van der Waals surface area contributed by atoms with Crippen LogP contribution in [-0.4, -0.2) is 18.4 Å². The fraction of sp³-hybridized carbons (Fsp3) is 0.125. The maximum absolute atomic E-state index is 12.3. The topological polar surface area (TPSA) is 67.4 Å². The molecule has 0 bridgehead atoms. The van der Waals surface area contributed by atoms with Gasteiger partial charge in [-0.1, -0.05) is 29.8 Å². The number of carbonyl (C=O) groups is 2. The molecule has 22 heavy (non-hydrogen) atoms. The average Bonchev–Trinajstić information content (AvgIpc) is 2.53. The van der Waals surface area contributed by atoms with Gasteiger partial charge < -0.3 is 15.4 Å². The van der Waals surface area contributed by atoms with Gasteiger partial charge in [-0.3, -0.25) is 9.59 Å². The maximum Gasteiger partial charge on any atom is 0.262 e. The highest BCUT2D eigenvalue weighted by Crippen LogP contribution is 2.31. The molecule has 0 fully saturated rings. The number of halogens is 1. The zero-order valence-corrected chi connectivity index (χ0v) is 12.3. The Morgan fingerprint density at radius 3 is 2.77 bits per heavy atom. The molecule has 1 aliphatic heterocycles. The molecule has 2 aromatic carbocycles. The van der Waals surface area contributed by atoms with E-state index in [2.05, 4.69) is 10.6 Å². The molecule has 0 atom stereocenters. The number of fused-ring (bicyclic) bond motifs is 1. The Kier molecular flexibility index (Phi) is 3.98. The van der Waals surface area contributed by atoms with Gasteiger partial charge in [0.05, 0.1) is 11.3 Å². The van der Waals surface area contributed by atoms with Crippen molar-refractivity contribution in [1.29, 1.82) is 0 Å². The summed E-state index contributed by atoms with van der Waals surface area (Å²) in [6, 6.07) is 12.3. The molecule has 1 aliphatic rings. The highest BCUT2D eigenvalue weighted by Gasteiger charge is 2.22. The average molecular weight is 317 g/mol. The molecule has 0 saturated heterocycles. The Balaban J connectivity index is 1.74.